The Morgan fingerprint density at radius 2 is 1.76 bits per heavy atom. The van der Waals surface area contributed by atoms with Gasteiger partial charge in [0.1, 0.15) is 4.90 Å². The maximum Gasteiger partial charge on any atom is 0.270 e. The van der Waals surface area contributed by atoms with Crippen LogP contribution in [-0.4, -0.2) is 36.6 Å². The van der Waals surface area contributed by atoms with Crippen LogP contribution in [0, 0.1) is 28.9 Å². The Labute approximate surface area is 198 Å². The normalized spacial score (nSPS) is 18.6. The maximum atomic E-state index is 13.1. The van der Waals surface area contributed by atoms with Crippen LogP contribution in [0.15, 0.2) is 47.4 Å². The van der Waals surface area contributed by atoms with Crippen LogP contribution >= 0.6 is 11.6 Å². The number of amides is 1. The summed E-state index contributed by atoms with van der Waals surface area (Å²) in [7, 11) is -4.01. The van der Waals surface area contributed by atoms with E-state index in [1.54, 1.807) is 0 Å². The summed E-state index contributed by atoms with van der Waals surface area (Å²) >= 11 is 6.05. The second-order valence-electron chi connectivity index (χ2n) is 8.78. The second kappa shape index (κ2) is 9.40. The molecule has 1 heterocycles. The van der Waals surface area contributed by atoms with Crippen molar-refractivity contribution in [3.8, 4) is 0 Å². The van der Waals surface area contributed by atoms with Gasteiger partial charge in [0, 0.05) is 31.1 Å². The fourth-order valence-corrected chi connectivity index (χ4v) is 6.21. The molecule has 1 aliphatic carbocycles. The van der Waals surface area contributed by atoms with Crippen molar-refractivity contribution in [3.05, 3.63) is 68.7 Å². The molecule has 8 nitrogen and oxygen atoms in total. The Morgan fingerprint density at radius 1 is 1.12 bits per heavy atom. The lowest BCUT2D eigenvalue weighted by Crippen LogP contribution is -2.44. The third-order valence-corrected chi connectivity index (χ3v) is 8.78. The van der Waals surface area contributed by atoms with Crippen molar-refractivity contribution in [1.82, 2.24) is 9.62 Å². The molecule has 0 radical (unpaired) electrons. The van der Waals surface area contributed by atoms with Gasteiger partial charge in [-0.2, -0.15) is 4.31 Å². The van der Waals surface area contributed by atoms with Crippen LogP contribution in [0.3, 0.4) is 0 Å². The fourth-order valence-electron chi connectivity index (χ4n) is 4.25. The van der Waals surface area contributed by atoms with Gasteiger partial charge in [0.2, 0.25) is 15.9 Å². The quantitative estimate of drug-likeness (QED) is 0.460. The summed E-state index contributed by atoms with van der Waals surface area (Å²) in [5.41, 5.74) is 1.92. The molecule has 1 amide bonds. The van der Waals surface area contributed by atoms with Gasteiger partial charge in [-0.15, -0.1) is 0 Å². The molecule has 1 atom stereocenters. The van der Waals surface area contributed by atoms with Crippen molar-refractivity contribution in [2.45, 2.75) is 43.5 Å². The number of carbonyl (C=O) groups is 1. The zero-order chi connectivity index (χ0) is 23.8. The molecule has 2 aromatic rings. The highest BCUT2D eigenvalue weighted by molar-refractivity contribution is 7.89. The predicted molar refractivity (Wildman–Crippen MR) is 124 cm³/mol. The van der Waals surface area contributed by atoms with E-state index in [9.17, 15) is 23.3 Å². The standard InChI is InChI=1S/C23H26ClN3O5S/c1-15-2-4-16(5-3-15)22(17-6-7-17)25-23(28)18-10-12-26(13-11-18)33(31,32)21-14-19(27(29)30)8-9-20(21)24/h2-5,8-9,14,17-18,22H,6-7,10-13H2,1H3,(H,25,28). The number of benzene rings is 2. The molecular formula is C23H26ClN3O5S. The Hall–Kier alpha value is -2.49. The summed E-state index contributed by atoms with van der Waals surface area (Å²) in [5.74, 6) is 0.0924. The lowest BCUT2D eigenvalue weighted by Gasteiger charge is -2.31. The average molecular weight is 492 g/mol. The van der Waals surface area contributed by atoms with Crippen molar-refractivity contribution >= 4 is 33.2 Å². The molecule has 0 bridgehead atoms. The van der Waals surface area contributed by atoms with Gasteiger partial charge in [-0.3, -0.25) is 14.9 Å². The van der Waals surface area contributed by atoms with Crippen LogP contribution in [0.5, 0.6) is 0 Å². The molecule has 1 saturated heterocycles. The van der Waals surface area contributed by atoms with Gasteiger partial charge in [0.25, 0.3) is 5.69 Å². The van der Waals surface area contributed by atoms with E-state index in [4.69, 9.17) is 11.6 Å². The number of halogens is 1. The number of nitro groups is 1. The van der Waals surface area contributed by atoms with Crippen LogP contribution < -0.4 is 5.32 Å². The number of hydrogen-bond acceptors (Lipinski definition) is 5. The minimum Gasteiger partial charge on any atom is -0.349 e. The average Bonchev–Trinajstić information content (AvgIpc) is 3.63. The lowest BCUT2D eigenvalue weighted by atomic mass is 9.95. The monoisotopic (exact) mass is 491 g/mol. The Bertz CT molecular complexity index is 1160. The SMILES string of the molecule is Cc1ccc(C(NC(=O)C2CCN(S(=O)(=O)c3cc([N+](=O)[O-])ccc3Cl)CC2)C2CC2)cc1. The summed E-state index contributed by atoms with van der Waals surface area (Å²) in [6, 6.07) is 11.5. The van der Waals surface area contributed by atoms with E-state index in [0.29, 0.717) is 18.8 Å². The van der Waals surface area contributed by atoms with Gasteiger partial charge in [-0.1, -0.05) is 41.4 Å². The zero-order valence-corrected chi connectivity index (χ0v) is 19.8. The first-order valence-electron chi connectivity index (χ1n) is 11.0. The van der Waals surface area contributed by atoms with Crippen molar-refractivity contribution in [2.75, 3.05) is 13.1 Å². The van der Waals surface area contributed by atoms with E-state index in [-0.39, 0.29) is 46.6 Å². The second-order valence-corrected chi connectivity index (χ2v) is 11.1. The molecule has 2 aromatic carbocycles. The van der Waals surface area contributed by atoms with Gasteiger partial charge in [0.05, 0.1) is 16.0 Å². The van der Waals surface area contributed by atoms with Crippen LogP contribution in [0.25, 0.3) is 0 Å². The van der Waals surface area contributed by atoms with Gasteiger partial charge < -0.3 is 5.32 Å². The number of rotatable bonds is 7. The molecule has 1 N–H and O–H groups in total. The molecule has 0 spiro atoms. The maximum absolute atomic E-state index is 13.1. The summed E-state index contributed by atoms with van der Waals surface area (Å²) in [5, 5.41) is 14.2. The first-order valence-corrected chi connectivity index (χ1v) is 12.8. The minimum absolute atomic E-state index is 0.0245. The van der Waals surface area contributed by atoms with Crippen LogP contribution in [-0.2, 0) is 14.8 Å². The van der Waals surface area contributed by atoms with Gasteiger partial charge in [-0.05, 0) is 50.2 Å². The number of aryl methyl sites for hydroxylation is 1. The fraction of sp³-hybridized carbons (Fsp3) is 0.435. The van der Waals surface area contributed by atoms with Crippen LogP contribution in [0.4, 0.5) is 5.69 Å². The van der Waals surface area contributed by atoms with Gasteiger partial charge >= 0.3 is 0 Å². The molecule has 10 heteroatoms. The molecular weight excluding hydrogens is 466 g/mol. The number of sulfonamides is 1. The lowest BCUT2D eigenvalue weighted by molar-refractivity contribution is -0.385. The first kappa shape index (κ1) is 23.7. The number of hydrogen-bond donors (Lipinski definition) is 1. The molecule has 33 heavy (non-hydrogen) atoms. The van der Waals surface area contributed by atoms with E-state index in [1.807, 2.05) is 19.1 Å². The Morgan fingerprint density at radius 3 is 2.33 bits per heavy atom. The van der Waals surface area contributed by atoms with E-state index in [1.165, 1.54) is 16.4 Å². The van der Waals surface area contributed by atoms with Gasteiger partial charge in [0.15, 0.2) is 0 Å². The number of piperidine rings is 1. The molecule has 1 unspecified atom stereocenters. The molecule has 2 fully saturated rings. The highest BCUT2D eigenvalue weighted by atomic mass is 35.5. The number of non-ortho nitro benzene ring substituents is 1. The number of carbonyl (C=O) groups excluding carboxylic acids is 1. The molecule has 0 aromatic heterocycles. The molecule has 176 valence electrons. The van der Waals surface area contributed by atoms with Crippen LogP contribution in [0.1, 0.15) is 42.9 Å². The Balaban J connectivity index is 1.42. The van der Waals surface area contributed by atoms with E-state index in [0.717, 1.165) is 30.0 Å². The van der Waals surface area contributed by atoms with Crippen LogP contribution in [0.2, 0.25) is 5.02 Å². The van der Waals surface area contributed by atoms with E-state index in [2.05, 4.69) is 17.4 Å². The molecule has 1 aliphatic heterocycles. The molecule has 2 aliphatic rings. The minimum atomic E-state index is -4.01. The highest BCUT2D eigenvalue weighted by Crippen LogP contribution is 2.41. The largest absolute Gasteiger partial charge is 0.349 e. The predicted octanol–water partition coefficient (Wildman–Crippen LogP) is 4.22. The molecule has 1 saturated carbocycles. The van der Waals surface area contributed by atoms with E-state index >= 15 is 0 Å². The van der Waals surface area contributed by atoms with Crippen molar-refractivity contribution in [2.24, 2.45) is 11.8 Å². The third kappa shape index (κ3) is 5.20. The van der Waals surface area contributed by atoms with Gasteiger partial charge in [-0.25, -0.2) is 8.42 Å². The molecule has 4 rings (SSSR count). The zero-order valence-electron chi connectivity index (χ0n) is 18.2. The smallest absolute Gasteiger partial charge is 0.270 e. The summed E-state index contributed by atoms with van der Waals surface area (Å²) in [4.78, 5) is 23.1. The van der Waals surface area contributed by atoms with E-state index < -0.39 is 14.9 Å². The highest BCUT2D eigenvalue weighted by Gasteiger charge is 2.37. The number of nitrogens with zero attached hydrogens (tertiary/aromatic N) is 2. The summed E-state index contributed by atoms with van der Waals surface area (Å²) < 4.78 is 27.4. The third-order valence-electron chi connectivity index (χ3n) is 6.40. The summed E-state index contributed by atoms with van der Waals surface area (Å²) in [6.45, 7) is 2.33. The van der Waals surface area contributed by atoms with Crippen molar-refractivity contribution in [1.29, 1.82) is 0 Å². The summed E-state index contributed by atoms with van der Waals surface area (Å²) in [6.07, 6.45) is 2.92. The first-order chi connectivity index (χ1) is 15.7. The topological polar surface area (TPSA) is 110 Å². The Kier molecular flexibility index (Phi) is 6.74. The van der Waals surface area contributed by atoms with Crippen molar-refractivity contribution < 1.29 is 18.1 Å². The van der Waals surface area contributed by atoms with Crippen molar-refractivity contribution in [3.63, 3.8) is 0 Å². The number of nitrogens with one attached hydrogen (secondary N) is 1. The number of nitro benzene ring substituents is 1.